The van der Waals surface area contributed by atoms with Gasteiger partial charge in [-0.3, -0.25) is 4.79 Å². The Balaban J connectivity index is 2.58. The molecule has 0 saturated carbocycles. The van der Waals surface area contributed by atoms with Gasteiger partial charge in [0.05, 0.1) is 24.6 Å². The monoisotopic (exact) mass is 285 g/mol. The zero-order valence-corrected chi connectivity index (χ0v) is 11.7. The molecule has 0 aromatic carbocycles. The van der Waals surface area contributed by atoms with Gasteiger partial charge in [0.15, 0.2) is 0 Å². The van der Waals surface area contributed by atoms with Gasteiger partial charge in [-0.15, -0.1) is 0 Å². The summed E-state index contributed by atoms with van der Waals surface area (Å²) in [5.41, 5.74) is 8.00. The zero-order chi connectivity index (χ0) is 15.6. The third kappa shape index (κ3) is 2.84. The summed E-state index contributed by atoms with van der Waals surface area (Å²) in [6, 6.07) is 3.75. The number of pyridine rings is 1. The maximum Gasteiger partial charge on any atom is 0.304 e. The lowest BCUT2D eigenvalue weighted by atomic mass is 9.98. The number of carbonyl (C=O) groups is 1. The molecular weight excluding hydrogens is 270 g/mol. The van der Waals surface area contributed by atoms with Crippen molar-refractivity contribution >= 4 is 11.8 Å². The molecule has 1 atom stereocenters. The van der Waals surface area contributed by atoms with E-state index in [4.69, 9.17) is 10.8 Å². The van der Waals surface area contributed by atoms with E-state index in [1.807, 2.05) is 6.07 Å². The van der Waals surface area contributed by atoms with Crippen LogP contribution >= 0.6 is 0 Å². The molecule has 7 heteroatoms. The van der Waals surface area contributed by atoms with Crippen molar-refractivity contribution in [1.29, 1.82) is 5.26 Å². The van der Waals surface area contributed by atoms with Gasteiger partial charge in [0.25, 0.3) is 0 Å². The van der Waals surface area contributed by atoms with E-state index in [-0.39, 0.29) is 23.7 Å². The second-order valence-corrected chi connectivity index (χ2v) is 4.86. The minimum Gasteiger partial charge on any atom is -0.481 e. The molecule has 0 bridgehead atoms. The molecule has 0 spiro atoms. The average Bonchev–Trinajstić information content (AvgIpc) is 2.83. The van der Waals surface area contributed by atoms with Crippen LogP contribution in [-0.2, 0) is 11.8 Å². The number of carboxylic acid groups (broad SMARTS) is 1. The van der Waals surface area contributed by atoms with E-state index in [9.17, 15) is 10.1 Å². The molecule has 2 heterocycles. The molecule has 2 aromatic rings. The lowest BCUT2D eigenvalue weighted by Gasteiger charge is -2.13. The van der Waals surface area contributed by atoms with Crippen LogP contribution in [0.3, 0.4) is 0 Å². The molecule has 0 radical (unpaired) electrons. The number of nitrogens with zero attached hydrogens (tertiary/aromatic N) is 4. The van der Waals surface area contributed by atoms with Crippen molar-refractivity contribution in [3.63, 3.8) is 0 Å². The van der Waals surface area contributed by atoms with Gasteiger partial charge in [-0.2, -0.15) is 5.26 Å². The molecule has 0 aliphatic rings. The van der Waals surface area contributed by atoms with Gasteiger partial charge in [-0.05, 0) is 6.07 Å². The van der Waals surface area contributed by atoms with Crippen molar-refractivity contribution in [3.05, 3.63) is 29.8 Å². The van der Waals surface area contributed by atoms with Crippen LogP contribution in [0.4, 0.5) is 5.82 Å². The van der Waals surface area contributed by atoms with Crippen molar-refractivity contribution in [2.45, 2.75) is 19.3 Å². The van der Waals surface area contributed by atoms with E-state index >= 15 is 0 Å². The Morgan fingerprint density at radius 1 is 1.62 bits per heavy atom. The summed E-state index contributed by atoms with van der Waals surface area (Å²) in [6.07, 6.45) is 3.19. The van der Waals surface area contributed by atoms with Crippen LogP contribution in [0.2, 0.25) is 0 Å². The quantitative estimate of drug-likeness (QED) is 0.879. The number of hydrogen-bond acceptors (Lipinski definition) is 5. The summed E-state index contributed by atoms with van der Waals surface area (Å²) in [4.78, 5) is 19.0. The molecule has 0 aliphatic carbocycles. The first kappa shape index (κ1) is 14.5. The molecule has 108 valence electrons. The van der Waals surface area contributed by atoms with Crippen LogP contribution < -0.4 is 5.73 Å². The molecule has 3 N–H and O–H groups in total. The summed E-state index contributed by atoms with van der Waals surface area (Å²) < 4.78 is 1.77. The van der Waals surface area contributed by atoms with Gasteiger partial charge in [0, 0.05) is 24.2 Å². The predicted molar refractivity (Wildman–Crippen MR) is 76.2 cm³/mol. The highest BCUT2D eigenvalue weighted by molar-refractivity contribution is 5.74. The normalized spacial score (nSPS) is 11.9. The lowest BCUT2D eigenvalue weighted by molar-refractivity contribution is -0.137. The summed E-state index contributed by atoms with van der Waals surface area (Å²) in [5, 5.41) is 18.2. The van der Waals surface area contributed by atoms with E-state index in [1.54, 1.807) is 37.1 Å². The van der Waals surface area contributed by atoms with E-state index in [0.29, 0.717) is 11.3 Å². The fourth-order valence-electron chi connectivity index (χ4n) is 2.14. The summed E-state index contributed by atoms with van der Waals surface area (Å²) in [7, 11) is 1.81. The molecule has 0 saturated heterocycles. The number of aromatic nitrogens is 3. The zero-order valence-electron chi connectivity index (χ0n) is 11.7. The van der Waals surface area contributed by atoms with E-state index in [0.717, 1.165) is 5.69 Å². The lowest BCUT2D eigenvalue weighted by Crippen LogP contribution is -2.08. The predicted octanol–water partition coefficient (Wildman–Crippen LogP) is 1.51. The number of anilines is 1. The van der Waals surface area contributed by atoms with E-state index < -0.39 is 5.97 Å². The number of aliphatic carboxylic acids is 1. The molecular formula is C14H15N5O2. The standard InChI is InChI=1S/C14H15N5O2/c1-8(3-13(20)21)11-4-9(10(5-15)14(16)18-11)12-6-17-7-19(12)2/h4,6-8H,3H2,1-2H3,(H2,16,18)(H,20,21). The minimum atomic E-state index is -0.908. The average molecular weight is 285 g/mol. The highest BCUT2D eigenvalue weighted by Crippen LogP contribution is 2.30. The Labute approximate surface area is 121 Å². The van der Waals surface area contributed by atoms with Crippen molar-refractivity contribution in [3.8, 4) is 17.3 Å². The Bertz CT molecular complexity index is 729. The van der Waals surface area contributed by atoms with Crippen LogP contribution in [0.25, 0.3) is 11.3 Å². The van der Waals surface area contributed by atoms with E-state index in [2.05, 4.69) is 9.97 Å². The molecule has 0 aliphatic heterocycles. The molecule has 2 rings (SSSR count). The maximum atomic E-state index is 10.8. The summed E-state index contributed by atoms with van der Waals surface area (Å²) in [5.74, 6) is -1.11. The highest BCUT2D eigenvalue weighted by atomic mass is 16.4. The minimum absolute atomic E-state index is 0.0524. The Hall–Kier alpha value is -2.88. The third-order valence-corrected chi connectivity index (χ3v) is 3.26. The fraction of sp³-hybridized carbons (Fsp3) is 0.286. The van der Waals surface area contributed by atoms with Crippen molar-refractivity contribution < 1.29 is 9.90 Å². The van der Waals surface area contributed by atoms with Crippen molar-refractivity contribution in [2.24, 2.45) is 7.05 Å². The van der Waals surface area contributed by atoms with Gasteiger partial charge in [0.2, 0.25) is 0 Å². The number of nitrogen functional groups attached to an aromatic ring is 1. The van der Waals surface area contributed by atoms with Gasteiger partial charge in [-0.1, -0.05) is 6.92 Å². The molecule has 21 heavy (non-hydrogen) atoms. The third-order valence-electron chi connectivity index (χ3n) is 3.26. The number of rotatable bonds is 4. The number of nitrogens with two attached hydrogens (primary N) is 1. The molecule has 2 aromatic heterocycles. The topological polar surface area (TPSA) is 118 Å². The Morgan fingerprint density at radius 3 is 2.86 bits per heavy atom. The number of hydrogen-bond donors (Lipinski definition) is 2. The summed E-state index contributed by atoms with van der Waals surface area (Å²) >= 11 is 0. The Kier molecular flexibility index (Phi) is 3.89. The maximum absolute atomic E-state index is 10.8. The van der Waals surface area contributed by atoms with Crippen molar-refractivity contribution in [2.75, 3.05) is 5.73 Å². The largest absolute Gasteiger partial charge is 0.481 e. The van der Waals surface area contributed by atoms with Crippen LogP contribution in [0.15, 0.2) is 18.6 Å². The second-order valence-electron chi connectivity index (χ2n) is 4.86. The van der Waals surface area contributed by atoms with E-state index in [1.165, 1.54) is 0 Å². The number of carboxylic acids is 1. The fourth-order valence-corrected chi connectivity index (χ4v) is 2.14. The van der Waals surface area contributed by atoms with Crippen LogP contribution in [-0.4, -0.2) is 25.6 Å². The number of imidazole rings is 1. The number of nitriles is 1. The van der Waals surface area contributed by atoms with Gasteiger partial charge >= 0.3 is 5.97 Å². The SMILES string of the molecule is CC(CC(=O)O)c1cc(-c2cncn2C)c(C#N)c(N)n1. The second kappa shape index (κ2) is 5.63. The van der Waals surface area contributed by atoms with Crippen LogP contribution in [0.1, 0.15) is 30.5 Å². The molecule has 0 fully saturated rings. The first-order valence-electron chi connectivity index (χ1n) is 6.33. The number of aryl methyl sites for hydroxylation is 1. The van der Waals surface area contributed by atoms with Crippen LogP contribution in [0.5, 0.6) is 0 Å². The molecule has 1 unspecified atom stereocenters. The molecule has 0 amide bonds. The highest BCUT2D eigenvalue weighted by Gasteiger charge is 2.18. The van der Waals surface area contributed by atoms with Crippen molar-refractivity contribution in [1.82, 2.24) is 14.5 Å². The van der Waals surface area contributed by atoms with Gasteiger partial charge in [0.1, 0.15) is 17.5 Å². The first-order chi connectivity index (χ1) is 9.93. The molecule has 7 nitrogen and oxygen atoms in total. The van der Waals surface area contributed by atoms with Gasteiger partial charge < -0.3 is 15.4 Å². The van der Waals surface area contributed by atoms with Gasteiger partial charge in [-0.25, -0.2) is 9.97 Å². The van der Waals surface area contributed by atoms with Crippen LogP contribution in [0, 0.1) is 11.3 Å². The first-order valence-corrected chi connectivity index (χ1v) is 6.33. The summed E-state index contributed by atoms with van der Waals surface area (Å²) in [6.45, 7) is 1.76. The Morgan fingerprint density at radius 2 is 2.33 bits per heavy atom. The smallest absolute Gasteiger partial charge is 0.304 e.